The first kappa shape index (κ1) is 29.1. The molecular formula is C27H29BrFN9O4. The van der Waals surface area contributed by atoms with Crippen molar-refractivity contribution < 1.29 is 23.3 Å². The SMILES string of the molecule is CCOc1cc(/C=N\NC(=O)c2nnn(-c3nonc3N)c2CN2CCCCC2)cc(Br)c1OCc1ccc(F)cc1. The van der Waals surface area contributed by atoms with Gasteiger partial charge >= 0.3 is 0 Å². The van der Waals surface area contributed by atoms with E-state index >= 15 is 0 Å². The molecule has 15 heteroatoms. The van der Waals surface area contributed by atoms with Crippen LogP contribution >= 0.6 is 15.9 Å². The van der Waals surface area contributed by atoms with E-state index in [9.17, 15) is 9.18 Å². The Morgan fingerprint density at radius 1 is 1.19 bits per heavy atom. The predicted octanol–water partition coefficient (Wildman–Crippen LogP) is 3.86. The summed E-state index contributed by atoms with van der Waals surface area (Å²) < 4.78 is 31.7. The van der Waals surface area contributed by atoms with Crippen molar-refractivity contribution in [3.8, 4) is 17.3 Å². The molecular weight excluding hydrogens is 613 g/mol. The molecule has 4 aromatic rings. The molecule has 220 valence electrons. The molecule has 0 bridgehead atoms. The summed E-state index contributed by atoms with van der Waals surface area (Å²) in [6.07, 6.45) is 4.77. The van der Waals surface area contributed by atoms with Crippen LogP contribution in [0.3, 0.4) is 0 Å². The second-order valence-corrected chi connectivity index (χ2v) is 10.3. The van der Waals surface area contributed by atoms with Gasteiger partial charge in [0.1, 0.15) is 12.4 Å². The number of piperidine rings is 1. The minimum atomic E-state index is -0.553. The molecule has 42 heavy (non-hydrogen) atoms. The number of anilines is 1. The van der Waals surface area contributed by atoms with Crippen molar-refractivity contribution in [2.75, 3.05) is 25.4 Å². The maximum Gasteiger partial charge on any atom is 0.293 e. The molecule has 1 aliphatic rings. The highest BCUT2D eigenvalue weighted by Gasteiger charge is 2.26. The lowest BCUT2D eigenvalue weighted by molar-refractivity contribution is 0.0947. The highest BCUT2D eigenvalue weighted by Crippen LogP contribution is 2.37. The summed E-state index contributed by atoms with van der Waals surface area (Å²) in [6, 6.07) is 9.58. The zero-order valence-electron chi connectivity index (χ0n) is 22.8. The van der Waals surface area contributed by atoms with Gasteiger partial charge in [0.05, 0.1) is 23.0 Å². The first-order valence-corrected chi connectivity index (χ1v) is 14.1. The zero-order valence-corrected chi connectivity index (χ0v) is 24.4. The molecule has 3 N–H and O–H groups in total. The van der Waals surface area contributed by atoms with E-state index in [1.807, 2.05) is 6.92 Å². The number of likely N-dealkylation sites (tertiary alicyclic amines) is 1. The third kappa shape index (κ3) is 6.91. The standard InChI is InChI=1S/C27H29BrFN9O4/c1-2-40-22-13-18(12-20(28)24(22)41-16-17-6-8-19(29)9-7-17)14-31-33-27(39)23-21(15-37-10-4-3-5-11-37)38(36-32-23)26-25(30)34-42-35-26/h6-9,12-14H,2-5,10-11,15-16H2,1H3,(H2,30,34)(H,33,39)/b31-14-. The molecule has 0 atom stereocenters. The monoisotopic (exact) mass is 641 g/mol. The summed E-state index contributed by atoms with van der Waals surface area (Å²) in [7, 11) is 0. The average molecular weight is 642 g/mol. The van der Waals surface area contributed by atoms with Crippen molar-refractivity contribution in [3.63, 3.8) is 0 Å². The summed E-state index contributed by atoms with van der Waals surface area (Å²) in [5, 5.41) is 19.7. The van der Waals surface area contributed by atoms with E-state index in [0.29, 0.717) is 40.4 Å². The van der Waals surface area contributed by atoms with E-state index in [-0.39, 0.29) is 29.8 Å². The maximum atomic E-state index is 13.2. The van der Waals surface area contributed by atoms with Crippen LogP contribution in [0.25, 0.3) is 5.82 Å². The minimum Gasteiger partial charge on any atom is -0.490 e. The molecule has 2 aromatic carbocycles. The van der Waals surface area contributed by atoms with Gasteiger partial charge in [0.25, 0.3) is 5.91 Å². The zero-order chi connectivity index (χ0) is 29.5. The molecule has 0 saturated carbocycles. The van der Waals surface area contributed by atoms with Gasteiger partial charge in [-0.2, -0.15) is 9.78 Å². The minimum absolute atomic E-state index is 0.0329. The smallest absolute Gasteiger partial charge is 0.293 e. The largest absolute Gasteiger partial charge is 0.490 e. The fourth-order valence-corrected chi connectivity index (χ4v) is 5.05. The number of nitrogens with two attached hydrogens (primary N) is 1. The average Bonchev–Trinajstić information content (AvgIpc) is 3.59. The third-order valence-corrected chi connectivity index (χ3v) is 7.09. The fourth-order valence-electron chi connectivity index (χ4n) is 4.48. The van der Waals surface area contributed by atoms with E-state index in [4.69, 9.17) is 19.8 Å². The molecule has 3 heterocycles. The number of amides is 1. The highest BCUT2D eigenvalue weighted by atomic mass is 79.9. The normalized spacial score (nSPS) is 13.9. The van der Waals surface area contributed by atoms with Gasteiger partial charge in [-0.25, -0.2) is 14.4 Å². The van der Waals surface area contributed by atoms with E-state index in [2.05, 4.69) is 52.0 Å². The van der Waals surface area contributed by atoms with Crippen LogP contribution in [0.2, 0.25) is 0 Å². The fraction of sp³-hybridized carbons (Fsp3) is 0.333. The molecule has 0 radical (unpaired) electrons. The number of nitrogen functional groups attached to an aromatic ring is 1. The molecule has 0 spiro atoms. The van der Waals surface area contributed by atoms with E-state index in [1.165, 1.54) is 29.4 Å². The first-order chi connectivity index (χ1) is 20.4. The van der Waals surface area contributed by atoms with Crippen molar-refractivity contribution >= 4 is 33.9 Å². The Bertz CT molecular complexity index is 1550. The number of carbonyl (C=O) groups is 1. The Kier molecular flexibility index (Phi) is 9.38. The first-order valence-electron chi connectivity index (χ1n) is 13.3. The van der Waals surface area contributed by atoms with Gasteiger partial charge in [-0.1, -0.05) is 23.8 Å². The summed E-state index contributed by atoms with van der Waals surface area (Å²) in [4.78, 5) is 15.4. The van der Waals surface area contributed by atoms with Crippen LogP contribution in [0.1, 0.15) is 53.5 Å². The van der Waals surface area contributed by atoms with Crippen LogP contribution in [0.5, 0.6) is 11.5 Å². The van der Waals surface area contributed by atoms with Gasteiger partial charge < -0.3 is 15.2 Å². The summed E-state index contributed by atoms with van der Waals surface area (Å²) in [5.74, 6) is 0.293. The number of nitrogens with zero attached hydrogens (tertiary/aromatic N) is 7. The predicted molar refractivity (Wildman–Crippen MR) is 154 cm³/mol. The third-order valence-electron chi connectivity index (χ3n) is 6.50. The van der Waals surface area contributed by atoms with Crippen LogP contribution in [0.15, 0.2) is 50.6 Å². The van der Waals surface area contributed by atoms with Gasteiger partial charge in [0.2, 0.25) is 11.6 Å². The number of benzene rings is 2. The molecule has 1 saturated heterocycles. The number of hydrogen-bond acceptors (Lipinski definition) is 11. The summed E-state index contributed by atoms with van der Waals surface area (Å²) in [5.41, 5.74) is 10.4. The Morgan fingerprint density at radius 2 is 1.98 bits per heavy atom. The van der Waals surface area contributed by atoms with Crippen LogP contribution in [0, 0.1) is 5.82 Å². The Balaban J connectivity index is 1.32. The van der Waals surface area contributed by atoms with Gasteiger partial charge in [-0.15, -0.1) is 5.10 Å². The molecule has 5 rings (SSSR count). The van der Waals surface area contributed by atoms with Gasteiger partial charge in [0.15, 0.2) is 17.2 Å². The number of ether oxygens (including phenoxy) is 2. The lowest BCUT2D eigenvalue weighted by Crippen LogP contribution is -2.31. The van der Waals surface area contributed by atoms with Crippen LogP contribution in [-0.2, 0) is 13.2 Å². The van der Waals surface area contributed by atoms with Crippen LogP contribution in [-0.4, -0.2) is 62.0 Å². The van der Waals surface area contributed by atoms with E-state index < -0.39 is 5.91 Å². The molecule has 1 fully saturated rings. The molecule has 1 amide bonds. The Hall–Kier alpha value is -4.37. The number of nitrogens with one attached hydrogen (secondary N) is 1. The highest BCUT2D eigenvalue weighted by molar-refractivity contribution is 9.10. The van der Waals surface area contributed by atoms with Crippen molar-refractivity contribution in [2.24, 2.45) is 5.10 Å². The summed E-state index contributed by atoms with van der Waals surface area (Å²) in [6.45, 7) is 4.66. The van der Waals surface area contributed by atoms with Crippen molar-refractivity contribution in [1.29, 1.82) is 0 Å². The van der Waals surface area contributed by atoms with Gasteiger partial charge in [0, 0.05) is 6.54 Å². The number of carbonyl (C=O) groups excluding carboxylic acids is 1. The molecule has 1 aliphatic heterocycles. The summed E-state index contributed by atoms with van der Waals surface area (Å²) >= 11 is 3.53. The van der Waals surface area contributed by atoms with E-state index in [1.54, 1.807) is 24.3 Å². The Morgan fingerprint density at radius 3 is 2.69 bits per heavy atom. The van der Waals surface area contributed by atoms with Crippen LogP contribution < -0.4 is 20.6 Å². The van der Waals surface area contributed by atoms with Crippen molar-refractivity contribution in [2.45, 2.75) is 39.3 Å². The second kappa shape index (κ2) is 13.5. The second-order valence-electron chi connectivity index (χ2n) is 9.48. The Labute approximate surface area is 248 Å². The number of hydrazone groups is 1. The molecule has 0 unspecified atom stereocenters. The lowest BCUT2D eigenvalue weighted by atomic mass is 10.1. The number of rotatable bonds is 11. The number of aromatic nitrogens is 5. The van der Waals surface area contributed by atoms with Gasteiger partial charge in [-0.05, 0) is 94.5 Å². The van der Waals surface area contributed by atoms with E-state index in [0.717, 1.165) is 31.5 Å². The van der Waals surface area contributed by atoms with Crippen molar-refractivity contribution in [3.05, 3.63) is 69.2 Å². The number of halogens is 2. The molecule has 0 aliphatic carbocycles. The molecule has 13 nitrogen and oxygen atoms in total. The number of hydrogen-bond donors (Lipinski definition) is 2. The van der Waals surface area contributed by atoms with Crippen molar-refractivity contribution in [1.82, 2.24) is 35.6 Å². The maximum absolute atomic E-state index is 13.2. The molecule has 2 aromatic heterocycles. The topological polar surface area (TPSA) is 159 Å². The van der Waals surface area contributed by atoms with Crippen LogP contribution in [0.4, 0.5) is 10.2 Å². The van der Waals surface area contributed by atoms with Gasteiger partial charge in [-0.3, -0.25) is 9.69 Å². The lowest BCUT2D eigenvalue weighted by Gasteiger charge is -2.26. The quantitative estimate of drug-likeness (QED) is 0.182.